The van der Waals surface area contributed by atoms with Crippen molar-refractivity contribution >= 4 is 5.69 Å². The maximum atomic E-state index is 11.9. The molecule has 86 valence electrons. The minimum atomic E-state index is -4.18. The summed E-state index contributed by atoms with van der Waals surface area (Å²) in [4.78, 5) is 0. The number of nitrogens with zero attached hydrogens (tertiary/aromatic N) is 1. The number of rotatable bonds is 3. The molecule has 0 spiro atoms. The second kappa shape index (κ2) is 4.88. The van der Waals surface area contributed by atoms with Crippen LogP contribution in [-0.4, -0.2) is 12.7 Å². The first kappa shape index (κ1) is 12.4. The van der Waals surface area contributed by atoms with Crippen LogP contribution in [0.2, 0.25) is 0 Å². The maximum Gasteiger partial charge on any atom is 0.390 e. The van der Waals surface area contributed by atoms with Crippen molar-refractivity contribution in [3.05, 3.63) is 29.3 Å². The lowest BCUT2D eigenvalue weighted by molar-refractivity contribution is -0.131. The minimum Gasteiger partial charge on any atom is -0.383 e. The number of nitrogens with one attached hydrogen (secondary N) is 1. The fourth-order valence-electron chi connectivity index (χ4n) is 1.32. The molecule has 2 nitrogen and oxygen atoms in total. The Bertz CT molecular complexity index is 405. The first-order valence-electron chi connectivity index (χ1n) is 4.74. The number of hydrogen-bond acceptors (Lipinski definition) is 2. The highest BCUT2D eigenvalue weighted by Crippen LogP contribution is 2.22. The van der Waals surface area contributed by atoms with Gasteiger partial charge in [-0.3, -0.25) is 0 Å². The Morgan fingerprint density at radius 2 is 2.06 bits per heavy atom. The van der Waals surface area contributed by atoms with Crippen LogP contribution in [-0.2, 0) is 0 Å². The zero-order valence-corrected chi connectivity index (χ0v) is 8.73. The zero-order valence-electron chi connectivity index (χ0n) is 8.73. The molecule has 0 amide bonds. The molecule has 0 unspecified atom stereocenters. The molecule has 1 aromatic carbocycles. The van der Waals surface area contributed by atoms with Crippen LogP contribution in [0.4, 0.5) is 18.9 Å². The van der Waals surface area contributed by atoms with Crippen molar-refractivity contribution in [1.29, 1.82) is 5.26 Å². The predicted molar refractivity (Wildman–Crippen MR) is 55.1 cm³/mol. The number of benzene rings is 1. The molecule has 1 rings (SSSR count). The molecule has 0 bridgehead atoms. The average Bonchev–Trinajstić information content (AvgIpc) is 2.18. The van der Waals surface area contributed by atoms with E-state index < -0.39 is 12.6 Å². The quantitative estimate of drug-likeness (QED) is 0.862. The molecule has 0 aliphatic heterocycles. The molecular weight excluding hydrogens is 217 g/mol. The van der Waals surface area contributed by atoms with Crippen molar-refractivity contribution in [3.63, 3.8) is 0 Å². The molecule has 1 aromatic rings. The highest BCUT2D eigenvalue weighted by atomic mass is 19.4. The lowest BCUT2D eigenvalue weighted by Gasteiger charge is -2.12. The summed E-state index contributed by atoms with van der Waals surface area (Å²) in [5, 5.41) is 11.4. The molecule has 0 heterocycles. The number of alkyl halides is 3. The molecule has 0 radical (unpaired) electrons. The van der Waals surface area contributed by atoms with E-state index in [1.165, 1.54) is 0 Å². The molecule has 0 saturated heterocycles. The van der Waals surface area contributed by atoms with Crippen LogP contribution in [0, 0.1) is 18.3 Å². The highest BCUT2D eigenvalue weighted by Gasteiger charge is 2.26. The molecule has 0 aromatic heterocycles. The van der Waals surface area contributed by atoms with Gasteiger partial charge in [0.2, 0.25) is 0 Å². The summed E-state index contributed by atoms with van der Waals surface area (Å²) in [7, 11) is 0. The molecule has 1 N–H and O–H groups in total. The predicted octanol–water partition coefficient (Wildman–Crippen LogP) is 3.23. The van der Waals surface area contributed by atoms with E-state index in [1.807, 2.05) is 6.07 Å². The summed E-state index contributed by atoms with van der Waals surface area (Å²) in [6, 6.07) is 6.96. The van der Waals surface area contributed by atoms with E-state index in [0.717, 1.165) is 5.56 Å². The van der Waals surface area contributed by atoms with Crippen LogP contribution in [0.1, 0.15) is 17.5 Å². The van der Waals surface area contributed by atoms with Gasteiger partial charge in [-0.1, -0.05) is 12.1 Å². The number of anilines is 1. The largest absolute Gasteiger partial charge is 0.390 e. The van der Waals surface area contributed by atoms with Gasteiger partial charge in [0.25, 0.3) is 0 Å². The summed E-state index contributed by atoms with van der Waals surface area (Å²) >= 11 is 0. The lowest BCUT2D eigenvalue weighted by Crippen LogP contribution is -2.15. The van der Waals surface area contributed by atoms with E-state index in [4.69, 9.17) is 5.26 Å². The van der Waals surface area contributed by atoms with Crippen molar-refractivity contribution in [2.24, 2.45) is 0 Å². The van der Waals surface area contributed by atoms with E-state index in [-0.39, 0.29) is 6.54 Å². The smallest absolute Gasteiger partial charge is 0.383 e. The second-order valence-electron chi connectivity index (χ2n) is 3.40. The zero-order chi connectivity index (χ0) is 12.2. The van der Waals surface area contributed by atoms with Gasteiger partial charge in [0, 0.05) is 6.54 Å². The summed E-state index contributed by atoms with van der Waals surface area (Å²) < 4.78 is 35.8. The third-order valence-electron chi connectivity index (χ3n) is 2.10. The van der Waals surface area contributed by atoms with Gasteiger partial charge in [-0.05, 0) is 18.6 Å². The standard InChI is InChI=1S/C11H11F3N2/c1-8-3-2-4-9(7-15)10(8)16-6-5-11(12,13)14/h2-4,16H,5-6H2,1H3. The van der Waals surface area contributed by atoms with Crippen LogP contribution >= 0.6 is 0 Å². The first-order valence-corrected chi connectivity index (χ1v) is 4.74. The monoisotopic (exact) mass is 228 g/mol. The third kappa shape index (κ3) is 3.46. The van der Waals surface area contributed by atoms with Crippen LogP contribution in [0.25, 0.3) is 0 Å². The molecule has 0 saturated carbocycles. The van der Waals surface area contributed by atoms with E-state index in [0.29, 0.717) is 11.3 Å². The number of hydrogen-bond donors (Lipinski definition) is 1. The van der Waals surface area contributed by atoms with Crippen molar-refractivity contribution in [1.82, 2.24) is 0 Å². The van der Waals surface area contributed by atoms with Crippen LogP contribution in [0.3, 0.4) is 0 Å². The van der Waals surface area contributed by atoms with Gasteiger partial charge in [0.1, 0.15) is 6.07 Å². The van der Waals surface area contributed by atoms with E-state index in [1.54, 1.807) is 25.1 Å². The summed E-state index contributed by atoms with van der Waals surface area (Å²) in [6.07, 6.45) is -5.09. The van der Waals surface area contributed by atoms with Crippen molar-refractivity contribution in [3.8, 4) is 6.07 Å². The third-order valence-corrected chi connectivity index (χ3v) is 2.10. The Morgan fingerprint density at radius 1 is 1.38 bits per heavy atom. The Morgan fingerprint density at radius 3 is 2.62 bits per heavy atom. The van der Waals surface area contributed by atoms with Crippen molar-refractivity contribution in [2.75, 3.05) is 11.9 Å². The molecule has 0 aliphatic carbocycles. The van der Waals surface area contributed by atoms with E-state index in [9.17, 15) is 13.2 Å². The molecule has 0 fully saturated rings. The van der Waals surface area contributed by atoms with Gasteiger partial charge in [-0.2, -0.15) is 18.4 Å². The highest BCUT2D eigenvalue weighted by molar-refractivity contribution is 5.62. The number of halogens is 3. The van der Waals surface area contributed by atoms with Crippen LogP contribution in [0.15, 0.2) is 18.2 Å². The fraction of sp³-hybridized carbons (Fsp3) is 0.364. The van der Waals surface area contributed by atoms with Crippen molar-refractivity contribution < 1.29 is 13.2 Å². The summed E-state index contributed by atoms with van der Waals surface area (Å²) in [5.41, 5.74) is 1.61. The molecule has 0 atom stereocenters. The molecule has 5 heteroatoms. The minimum absolute atomic E-state index is 0.219. The number of aryl methyl sites for hydroxylation is 1. The van der Waals surface area contributed by atoms with E-state index in [2.05, 4.69) is 5.32 Å². The Balaban J connectivity index is 2.71. The number of nitriles is 1. The summed E-state index contributed by atoms with van der Waals surface area (Å²) in [6.45, 7) is 1.53. The van der Waals surface area contributed by atoms with Gasteiger partial charge >= 0.3 is 6.18 Å². The van der Waals surface area contributed by atoms with E-state index >= 15 is 0 Å². The molecule has 0 aliphatic rings. The molecular formula is C11H11F3N2. The Labute approximate surface area is 91.7 Å². The van der Waals surface area contributed by atoms with Gasteiger partial charge in [-0.25, -0.2) is 0 Å². The normalized spacial score (nSPS) is 10.9. The van der Waals surface area contributed by atoms with Gasteiger partial charge in [0.15, 0.2) is 0 Å². The van der Waals surface area contributed by atoms with Gasteiger partial charge in [0.05, 0.1) is 17.7 Å². The van der Waals surface area contributed by atoms with Gasteiger partial charge in [-0.15, -0.1) is 0 Å². The van der Waals surface area contributed by atoms with Crippen LogP contribution in [0.5, 0.6) is 0 Å². The van der Waals surface area contributed by atoms with Gasteiger partial charge < -0.3 is 5.32 Å². The SMILES string of the molecule is Cc1cccc(C#N)c1NCCC(F)(F)F. The summed E-state index contributed by atoms with van der Waals surface area (Å²) in [5.74, 6) is 0. The maximum absolute atomic E-state index is 11.9. The molecule has 16 heavy (non-hydrogen) atoms. The van der Waals surface area contributed by atoms with Crippen molar-refractivity contribution in [2.45, 2.75) is 19.5 Å². The Hall–Kier alpha value is -1.70. The lowest BCUT2D eigenvalue weighted by atomic mass is 10.1. The average molecular weight is 228 g/mol. The van der Waals surface area contributed by atoms with Crippen LogP contribution < -0.4 is 5.32 Å². The number of para-hydroxylation sites is 1. The Kier molecular flexibility index (Phi) is 3.78. The first-order chi connectivity index (χ1) is 7.44. The topological polar surface area (TPSA) is 35.8 Å². The second-order valence-corrected chi connectivity index (χ2v) is 3.40. The fourth-order valence-corrected chi connectivity index (χ4v) is 1.32.